The normalized spacial score (nSPS) is 63.2. The van der Waals surface area contributed by atoms with Crippen LogP contribution in [0, 0.1) is 17.8 Å². The molecule has 0 aromatic rings. The van der Waals surface area contributed by atoms with Gasteiger partial charge in [0.05, 0.1) is 29.6 Å². The highest BCUT2D eigenvalue weighted by atomic mass is 16.6. The zero-order chi connectivity index (χ0) is 21.5. The van der Waals surface area contributed by atoms with E-state index in [0.29, 0.717) is 0 Å². The molecule has 5 N–H and O–H groups in total. The topological polar surface area (TPSA) is 154 Å². The molecule has 2 saturated carbocycles. The number of aliphatic hydroxyl groups is 5. The van der Waals surface area contributed by atoms with Crippen molar-refractivity contribution >= 4 is 11.8 Å². The largest absolute Gasteiger partial charge is 0.511 e. The molecule has 3 aliphatic heterocycles. The molecule has 3 heterocycles. The van der Waals surface area contributed by atoms with Crippen molar-refractivity contribution in [2.24, 2.45) is 17.8 Å². The Balaban J connectivity index is 1.90. The van der Waals surface area contributed by atoms with Crippen molar-refractivity contribution in [1.82, 2.24) is 0 Å². The van der Waals surface area contributed by atoms with Gasteiger partial charge in [-0.2, -0.15) is 0 Å². The average Bonchev–Trinajstić information content (AvgIpc) is 2.87. The maximum atomic E-state index is 13.5. The standard InChI is InChI=1S/C20H26O9/c1-7-5-16(2,26)13(23)9-12(22)8-14(24)18(4)17(3,27)6-19(8)20(9,29-18)10(11(7)21)15(25)28-19/h7-9,12,14,21-22,24,26-27H,5-6H2,1-4H3/b11-10+/t7-,8-,9-,12-,14-,16-,17+,18+,19-,20+/m0/s1. The van der Waals surface area contributed by atoms with Crippen LogP contribution in [0.4, 0.5) is 0 Å². The number of ketones is 1. The van der Waals surface area contributed by atoms with Crippen LogP contribution >= 0.6 is 0 Å². The van der Waals surface area contributed by atoms with Crippen LogP contribution in [0.3, 0.4) is 0 Å². The number of allylic oxidation sites excluding steroid dienone is 1. The predicted octanol–water partition coefficient (Wildman–Crippen LogP) is -0.896. The number of hydrogen-bond donors (Lipinski definition) is 5. The highest BCUT2D eigenvalue weighted by molar-refractivity contribution is 6.01. The Hall–Kier alpha value is -1.52. The van der Waals surface area contributed by atoms with Crippen molar-refractivity contribution in [3.8, 4) is 0 Å². The van der Waals surface area contributed by atoms with Crippen LogP contribution in [0.1, 0.15) is 40.5 Å². The molecule has 9 nitrogen and oxygen atoms in total. The Morgan fingerprint density at radius 3 is 2.34 bits per heavy atom. The second kappa shape index (κ2) is 4.86. The molecule has 160 valence electrons. The molecular weight excluding hydrogens is 384 g/mol. The van der Waals surface area contributed by atoms with Gasteiger partial charge in [-0.05, 0) is 27.2 Å². The van der Waals surface area contributed by atoms with Crippen LogP contribution in [0.25, 0.3) is 0 Å². The molecule has 6 rings (SSSR count). The highest BCUT2D eigenvalue weighted by Gasteiger charge is 2.91. The number of hydrogen-bond acceptors (Lipinski definition) is 9. The smallest absolute Gasteiger partial charge is 0.341 e. The number of aliphatic hydroxyl groups excluding tert-OH is 3. The molecule has 3 saturated heterocycles. The molecule has 10 atom stereocenters. The number of Topliss-reactive ketones (excluding diaryl/α,β-unsaturated/α-hetero) is 1. The summed E-state index contributed by atoms with van der Waals surface area (Å²) in [4.78, 5) is 26.5. The predicted molar refractivity (Wildman–Crippen MR) is 94.3 cm³/mol. The summed E-state index contributed by atoms with van der Waals surface area (Å²) in [6.45, 7) is 5.76. The molecule has 29 heavy (non-hydrogen) atoms. The molecule has 0 aromatic heterocycles. The third-order valence-electron chi connectivity index (χ3n) is 8.36. The lowest BCUT2D eigenvalue weighted by atomic mass is 9.54. The summed E-state index contributed by atoms with van der Waals surface area (Å²) in [5.74, 6) is -5.37. The molecule has 5 fully saturated rings. The van der Waals surface area contributed by atoms with E-state index in [2.05, 4.69) is 0 Å². The molecule has 0 radical (unpaired) electrons. The molecule has 9 heteroatoms. The highest BCUT2D eigenvalue weighted by Crippen LogP contribution is 2.74. The van der Waals surface area contributed by atoms with Crippen molar-refractivity contribution < 1.29 is 44.6 Å². The summed E-state index contributed by atoms with van der Waals surface area (Å²) in [6, 6.07) is 0. The van der Waals surface area contributed by atoms with Gasteiger partial charge in [-0.1, -0.05) is 6.92 Å². The first-order valence-electron chi connectivity index (χ1n) is 9.90. The summed E-state index contributed by atoms with van der Waals surface area (Å²) in [5.41, 5.74) is -9.13. The number of carbonyl (C=O) groups excluding carboxylic acids is 2. The van der Waals surface area contributed by atoms with Crippen molar-refractivity contribution in [3.05, 3.63) is 11.3 Å². The fourth-order valence-electron chi connectivity index (χ4n) is 6.90. The van der Waals surface area contributed by atoms with E-state index in [0.717, 1.165) is 0 Å². The molecule has 0 aromatic carbocycles. The van der Waals surface area contributed by atoms with E-state index in [9.17, 15) is 35.1 Å². The third kappa shape index (κ3) is 1.70. The summed E-state index contributed by atoms with van der Waals surface area (Å²) in [6.07, 6.45) is -3.32. The molecule has 3 aliphatic carbocycles. The van der Waals surface area contributed by atoms with Crippen LogP contribution in [-0.2, 0) is 19.1 Å². The molecule has 6 aliphatic rings. The Bertz CT molecular complexity index is 890. The lowest BCUT2D eigenvalue weighted by molar-refractivity contribution is -0.380. The van der Waals surface area contributed by atoms with E-state index in [1.54, 1.807) is 6.92 Å². The van der Waals surface area contributed by atoms with Crippen LogP contribution in [-0.4, -0.2) is 77.5 Å². The van der Waals surface area contributed by atoms with Gasteiger partial charge in [-0.15, -0.1) is 0 Å². The lowest BCUT2D eigenvalue weighted by Gasteiger charge is -2.65. The first-order chi connectivity index (χ1) is 13.2. The van der Waals surface area contributed by atoms with E-state index in [1.807, 2.05) is 0 Å². The molecule has 2 spiro atoms. The van der Waals surface area contributed by atoms with Crippen LogP contribution in [0.5, 0.6) is 0 Å². The van der Waals surface area contributed by atoms with Gasteiger partial charge in [0.1, 0.15) is 22.5 Å². The third-order valence-corrected chi connectivity index (χ3v) is 8.36. The Kier molecular flexibility index (Phi) is 3.26. The molecule has 0 amide bonds. The van der Waals surface area contributed by atoms with Crippen molar-refractivity contribution in [1.29, 1.82) is 0 Å². The zero-order valence-corrected chi connectivity index (χ0v) is 16.7. The number of carbonyl (C=O) groups is 2. The van der Waals surface area contributed by atoms with Crippen molar-refractivity contribution in [2.45, 2.75) is 80.7 Å². The summed E-state index contributed by atoms with van der Waals surface area (Å²) in [5, 5.41) is 55.2. The molecular formula is C20H26O9. The van der Waals surface area contributed by atoms with Gasteiger partial charge in [-0.3, -0.25) is 4.79 Å². The second-order valence-electron chi connectivity index (χ2n) is 10.1. The second-order valence-corrected chi connectivity index (χ2v) is 10.1. The maximum Gasteiger partial charge on any atom is 0.341 e. The van der Waals surface area contributed by atoms with E-state index in [4.69, 9.17) is 9.47 Å². The first kappa shape index (κ1) is 19.4. The van der Waals surface area contributed by atoms with Crippen LogP contribution < -0.4 is 0 Å². The lowest BCUT2D eigenvalue weighted by Crippen LogP contribution is -2.82. The van der Waals surface area contributed by atoms with E-state index in [1.165, 1.54) is 20.8 Å². The number of esters is 1. The Labute approximate surface area is 166 Å². The SMILES string of the molecule is C[C@H]1C[C@](C)(O)C(=O)[C@@H]2[C@@H](O)[C@H]3[C@H](O)[C@@]4(C)O[C@@]25/C(=C\1O)C(=O)O[C@@]35C[C@@]4(C)O. The number of ether oxygens (including phenoxy) is 2. The summed E-state index contributed by atoms with van der Waals surface area (Å²) >= 11 is 0. The first-order valence-corrected chi connectivity index (χ1v) is 9.90. The van der Waals surface area contributed by atoms with Crippen molar-refractivity contribution in [2.75, 3.05) is 0 Å². The van der Waals surface area contributed by atoms with Crippen LogP contribution in [0.2, 0.25) is 0 Å². The minimum atomic E-state index is -1.92. The van der Waals surface area contributed by atoms with E-state index >= 15 is 0 Å². The van der Waals surface area contributed by atoms with Gasteiger partial charge >= 0.3 is 5.97 Å². The quantitative estimate of drug-likeness (QED) is 0.320. The van der Waals surface area contributed by atoms with Gasteiger partial charge in [-0.25, -0.2) is 4.79 Å². The van der Waals surface area contributed by atoms with E-state index < -0.39 is 69.7 Å². The van der Waals surface area contributed by atoms with Crippen LogP contribution in [0.15, 0.2) is 11.3 Å². The molecule has 4 bridgehead atoms. The molecule has 0 unspecified atom stereocenters. The van der Waals surface area contributed by atoms with Gasteiger partial charge in [0, 0.05) is 12.3 Å². The van der Waals surface area contributed by atoms with Gasteiger partial charge in [0.15, 0.2) is 17.0 Å². The summed E-state index contributed by atoms with van der Waals surface area (Å²) in [7, 11) is 0. The number of fused-ring (bicyclic) bond motifs is 1. The Morgan fingerprint density at radius 1 is 1.10 bits per heavy atom. The minimum Gasteiger partial charge on any atom is -0.511 e. The average molecular weight is 410 g/mol. The Morgan fingerprint density at radius 2 is 1.72 bits per heavy atom. The monoisotopic (exact) mass is 410 g/mol. The van der Waals surface area contributed by atoms with Gasteiger partial charge < -0.3 is 35.0 Å². The zero-order valence-electron chi connectivity index (χ0n) is 16.7. The van der Waals surface area contributed by atoms with E-state index in [-0.39, 0.29) is 24.2 Å². The fraction of sp³-hybridized carbons (Fsp3) is 0.800. The summed E-state index contributed by atoms with van der Waals surface area (Å²) < 4.78 is 12.0. The van der Waals surface area contributed by atoms with Gasteiger partial charge in [0.25, 0.3) is 0 Å². The number of rotatable bonds is 0. The minimum absolute atomic E-state index is 0.164. The van der Waals surface area contributed by atoms with Crippen molar-refractivity contribution in [3.63, 3.8) is 0 Å². The fourth-order valence-corrected chi connectivity index (χ4v) is 6.90. The maximum absolute atomic E-state index is 13.5. The van der Waals surface area contributed by atoms with Gasteiger partial charge in [0.2, 0.25) is 0 Å².